The molecule has 1 aliphatic carbocycles. The van der Waals surface area contributed by atoms with Crippen LogP contribution < -0.4 is 5.32 Å². The van der Waals surface area contributed by atoms with Gasteiger partial charge in [0.15, 0.2) is 0 Å². The quantitative estimate of drug-likeness (QED) is 0.838. The van der Waals surface area contributed by atoms with Crippen molar-refractivity contribution >= 4 is 15.9 Å². The van der Waals surface area contributed by atoms with Crippen LogP contribution in [0.5, 0.6) is 0 Å². The van der Waals surface area contributed by atoms with Crippen LogP contribution >= 0.6 is 0 Å². The molecule has 0 bridgehead atoms. The number of amides is 1. The molecule has 0 radical (unpaired) electrons. The van der Waals surface area contributed by atoms with Gasteiger partial charge in [-0.3, -0.25) is 4.79 Å². The second-order valence-electron chi connectivity index (χ2n) is 5.72. The normalized spacial score (nSPS) is 16.0. The van der Waals surface area contributed by atoms with E-state index in [0.29, 0.717) is 5.56 Å². The lowest BCUT2D eigenvalue weighted by atomic mass is 9.96. The average Bonchev–Trinajstić information content (AvgIpc) is 2.59. The maximum absolute atomic E-state index is 12.7. The predicted octanol–water partition coefficient (Wildman–Crippen LogP) is 2.00. The molecule has 1 aromatic rings. The van der Waals surface area contributed by atoms with E-state index >= 15 is 0 Å². The van der Waals surface area contributed by atoms with Crippen molar-refractivity contribution in [3.8, 4) is 12.3 Å². The molecular weight excluding hydrogens is 312 g/mol. The van der Waals surface area contributed by atoms with E-state index in [9.17, 15) is 13.2 Å². The first-order valence-electron chi connectivity index (χ1n) is 7.76. The van der Waals surface area contributed by atoms with Crippen LogP contribution in [0.2, 0.25) is 0 Å². The minimum Gasteiger partial charge on any atom is -0.341 e. The third kappa shape index (κ3) is 4.12. The van der Waals surface area contributed by atoms with Crippen LogP contribution in [0.15, 0.2) is 29.2 Å². The summed E-state index contributed by atoms with van der Waals surface area (Å²) in [6.45, 7) is 0.142. The van der Waals surface area contributed by atoms with Gasteiger partial charge in [0.1, 0.15) is 0 Å². The zero-order valence-electron chi connectivity index (χ0n) is 13.3. The Balaban J connectivity index is 2.13. The lowest BCUT2D eigenvalue weighted by Gasteiger charge is -2.30. The Bertz CT molecular complexity index is 684. The highest BCUT2D eigenvalue weighted by atomic mass is 32.2. The second-order valence-corrected chi connectivity index (χ2v) is 7.72. The lowest BCUT2D eigenvalue weighted by molar-refractivity contribution is 0.0958. The molecule has 1 fully saturated rings. The summed E-state index contributed by atoms with van der Waals surface area (Å²) in [5.41, 5.74) is 0.388. The van der Waals surface area contributed by atoms with E-state index in [2.05, 4.69) is 11.2 Å². The second kappa shape index (κ2) is 7.62. The van der Waals surface area contributed by atoms with Crippen molar-refractivity contribution in [1.82, 2.24) is 9.62 Å². The summed E-state index contributed by atoms with van der Waals surface area (Å²) in [4.78, 5) is 12.0. The van der Waals surface area contributed by atoms with Gasteiger partial charge in [0.2, 0.25) is 10.0 Å². The summed E-state index contributed by atoms with van der Waals surface area (Å²) in [6.07, 6.45) is 10.2. The monoisotopic (exact) mass is 334 g/mol. The van der Waals surface area contributed by atoms with E-state index in [4.69, 9.17) is 6.42 Å². The van der Waals surface area contributed by atoms with Crippen LogP contribution in [0.1, 0.15) is 42.5 Å². The zero-order chi connectivity index (χ0) is 16.9. The molecule has 0 atom stereocenters. The number of benzene rings is 1. The number of sulfonamides is 1. The predicted molar refractivity (Wildman–Crippen MR) is 89.4 cm³/mol. The summed E-state index contributed by atoms with van der Waals surface area (Å²) in [6, 6.07) is 6.02. The van der Waals surface area contributed by atoms with Crippen LogP contribution in [0.25, 0.3) is 0 Å². The Kier molecular flexibility index (Phi) is 5.80. The fourth-order valence-electron chi connectivity index (χ4n) is 2.82. The molecule has 23 heavy (non-hydrogen) atoms. The number of hydrogen-bond donors (Lipinski definition) is 1. The molecule has 2 rings (SSSR count). The summed E-state index contributed by atoms with van der Waals surface area (Å²) in [5.74, 6) is 2.01. The number of nitrogens with zero attached hydrogens (tertiary/aromatic N) is 1. The Hall–Kier alpha value is -1.84. The number of terminal acetylenes is 1. The Morgan fingerprint density at radius 3 is 2.43 bits per heavy atom. The van der Waals surface area contributed by atoms with Gasteiger partial charge in [0.05, 0.1) is 11.4 Å². The van der Waals surface area contributed by atoms with Gasteiger partial charge in [-0.15, -0.1) is 6.42 Å². The number of carbonyl (C=O) groups is 1. The molecule has 0 heterocycles. The molecule has 1 aliphatic rings. The zero-order valence-corrected chi connectivity index (χ0v) is 14.1. The van der Waals surface area contributed by atoms with Gasteiger partial charge in [-0.1, -0.05) is 25.2 Å². The van der Waals surface area contributed by atoms with E-state index in [1.54, 1.807) is 7.05 Å². The van der Waals surface area contributed by atoms with Crippen LogP contribution in [0.3, 0.4) is 0 Å². The SMILES string of the molecule is C#CCNC(=O)c1ccc(S(=O)(=O)N(C)C2CCCCC2)cc1. The lowest BCUT2D eigenvalue weighted by Crippen LogP contribution is -2.38. The number of rotatable bonds is 5. The van der Waals surface area contributed by atoms with Crippen LogP contribution in [-0.2, 0) is 10.0 Å². The van der Waals surface area contributed by atoms with E-state index in [-0.39, 0.29) is 23.4 Å². The first-order chi connectivity index (χ1) is 11.0. The highest BCUT2D eigenvalue weighted by molar-refractivity contribution is 7.89. The smallest absolute Gasteiger partial charge is 0.252 e. The fourth-order valence-corrected chi connectivity index (χ4v) is 4.23. The summed E-state index contributed by atoms with van der Waals surface area (Å²) < 4.78 is 26.8. The molecule has 1 N–H and O–H groups in total. The van der Waals surface area contributed by atoms with E-state index in [1.165, 1.54) is 35.0 Å². The minimum absolute atomic E-state index is 0.0624. The van der Waals surface area contributed by atoms with Gasteiger partial charge in [-0.25, -0.2) is 8.42 Å². The Morgan fingerprint density at radius 2 is 1.87 bits per heavy atom. The standard InChI is InChI=1S/C17H22N2O3S/c1-3-13-18-17(20)14-9-11-16(12-10-14)23(21,22)19(2)15-7-5-4-6-8-15/h1,9-12,15H,4-8,13H2,2H3,(H,18,20). The van der Waals surface area contributed by atoms with E-state index in [1.807, 2.05) is 0 Å². The summed E-state index contributed by atoms with van der Waals surface area (Å²) >= 11 is 0. The maximum atomic E-state index is 12.7. The molecule has 5 nitrogen and oxygen atoms in total. The third-order valence-electron chi connectivity index (χ3n) is 4.23. The molecule has 1 saturated carbocycles. The largest absolute Gasteiger partial charge is 0.341 e. The van der Waals surface area contributed by atoms with Crippen molar-refractivity contribution in [3.63, 3.8) is 0 Å². The first-order valence-corrected chi connectivity index (χ1v) is 9.20. The summed E-state index contributed by atoms with van der Waals surface area (Å²) in [7, 11) is -1.89. The number of nitrogens with one attached hydrogen (secondary N) is 1. The number of carbonyl (C=O) groups excluding carboxylic acids is 1. The molecule has 1 amide bonds. The highest BCUT2D eigenvalue weighted by Crippen LogP contribution is 2.26. The van der Waals surface area contributed by atoms with Crippen molar-refractivity contribution in [2.75, 3.05) is 13.6 Å². The van der Waals surface area contributed by atoms with E-state index in [0.717, 1.165) is 25.7 Å². The molecule has 124 valence electrons. The van der Waals surface area contributed by atoms with Crippen LogP contribution in [-0.4, -0.2) is 38.3 Å². The molecule has 0 spiro atoms. The van der Waals surface area contributed by atoms with E-state index < -0.39 is 10.0 Å². The van der Waals surface area contributed by atoms with Gasteiger partial charge in [-0.2, -0.15) is 4.31 Å². The molecule has 1 aromatic carbocycles. The Labute approximate surface area is 138 Å². The summed E-state index contributed by atoms with van der Waals surface area (Å²) in [5, 5.41) is 2.55. The van der Waals surface area contributed by atoms with Gasteiger partial charge in [-0.05, 0) is 37.1 Å². The van der Waals surface area contributed by atoms with Crippen LogP contribution in [0.4, 0.5) is 0 Å². The molecule has 0 saturated heterocycles. The van der Waals surface area contributed by atoms with Gasteiger partial charge >= 0.3 is 0 Å². The van der Waals surface area contributed by atoms with Gasteiger partial charge in [0, 0.05) is 18.7 Å². The third-order valence-corrected chi connectivity index (χ3v) is 6.16. The van der Waals surface area contributed by atoms with Crippen molar-refractivity contribution in [2.24, 2.45) is 0 Å². The topological polar surface area (TPSA) is 66.5 Å². The molecule has 6 heteroatoms. The number of hydrogen-bond acceptors (Lipinski definition) is 3. The molecule has 0 aromatic heterocycles. The maximum Gasteiger partial charge on any atom is 0.252 e. The average molecular weight is 334 g/mol. The highest BCUT2D eigenvalue weighted by Gasteiger charge is 2.29. The van der Waals surface area contributed by atoms with Crippen molar-refractivity contribution in [1.29, 1.82) is 0 Å². The van der Waals surface area contributed by atoms with Crippen LogP contribution in [0, 0.1) is 12.3 Å². The molecule has 0 aliphatic heterocycles. The Morgan fingerprint density at radius 1 is 1.26 bits per heavy atom. The van der Waals surface area contributed by atoms with Crippen molar-refractivity contribution in [3.05, 3.63) is 29.8 Å². The molecule has 0 unspecified atom stereocenters. The van der Waals surface area contributed by atoms with Gasteiger partial charge < -0.3 is 5.32 Å². The van der Waals surface area contributed by atoms with Gasteiger partial charge in [0.25, 0.3) is 5.91 Å². The molecular formula is C17H22N2O3S. The first kappa shape index (κ1) is 17.5. The minimum atomic E-state index is -3.53. The fraction of sp³-hybridized carbons (Fsp3) is 0.471. The van der Waals surface area contributed by atoms with Crippen molar-refractivity contribution < 1.29 is 13.2 Å². The van der Waals surface area contributed by atoms with Crippen molar-refractivity contribution in [2.45, 2.75) is 43.0 Å².